The van der Waals surface area contributed by atoms with Gasteiger partial charge in [0, 0.05) is 12.0 Å². The Balaban J connectivity index is 1.93. The molecule has 0 amide bonds. The molecule has 1 nitrogen and oxygen atoms in total. The van der Waals surface area contributed by atoms with E-state index in [0.717, 1.165) is 16.3 Å². The van der Waals surface area contributed by atoms with E-state index in [9.17, 15) is 9.18 Å². The Morgan fingerprint density at radius 1 is 0.850 bits per heavy atom. The molecule has 0 unspecified atom stereocenters. The molecule has 0 aromatic heterocycles. The zero-order valence-electron chi connectivity index (χ0n) is 10.8. The second-order valence-electron chi connectivity index (χ2n) is 4.75. The highest BCUT2D eigenvalue weighted by molar-refractivity contribution is 6.00. The minimum absolute atomic E-state index is 0.00125. The van der Waals surface area contributed by atoms with E-state index in [0.29, 0.717) is 12.0 Å². The Morgan fingerprint density at radius 3 is 2.35 bits per heavy atom. The van der Waals surface area contributed by atoms with Crippen molar-refractivity contribution in [2.24, 2.45) is 0 Å². The van der Waals surface area contributed by atoms with Crippen molar-refractivity contribution in [3.8, 4) is 0 Å². The normalized spacial score (nSPS) is 10.7. The predicted molar refractivity (Wildman–Crippen MR) is 78.4 cm³/mol. The summed E-state index contributed by atoms with van der Waals surface area (Å²) in [5, 5.41) is 2.21. The number of fused-ring (bicyclic) bond motifs is 1. The molecule has 2 heteroatoms. The first-order valence-electron chi connectivity index (χ1n) is 6.49. The van der Waals surface area contributed by atoms with Crippen LogP contribution >= 0.6 is 0 Å². The van der Waals surface area contributed by atoms with Crippen molar-refractivity contribution in [2.45, 2.75) is 6.42 Å². The highest BCUT2D eigenvalue weighted by Crippen LogP contribution is 2.20. The van der Waals surface area contributed by atoms with Crippen LogP contribution in [0.25, 0.3) is 10.8 Å². The van der Waals surface area contributed by atoms with Crippen LogP contribution in [0.2, 0.25) is 0 Å². The summed E-state index contributed by atoms with van der Waals surface area (Å²) in [4.78, 5) is 12.2. The molecule has 0 saturated carbocycles. The number of carbonyl (C=O) groups is 1. The number of rotatable bonds is 3. The van der Waals surface area contributed by atoms with Gasteiger partial charge < -0.3 is 0 Å². The summed E-state index contributed by atoms with van der Waals surface area (Å²) in [6.07, 6.45) is 0.326. The lowest BCUT2D eigenvalue weighted by atomic mass is 9.98. The van der Waals surface area contributed by atoms with E-state index in [1.54, 1.807) is 0 Å². The first kappa shape index (κ1) is 12.5. The number of ketones is 1. The van der Waals surface area contributed by atoms with Gasteiger partial charge in [-0.3, -0.25) is 4.79 Å². The van der Waals surface area contributed by atoms with Crippen LogP contribution in [0, 0.1) is 5.82 Å². The van der Waals surface area contributed by atoms with Crippen LogP contribution in [0.5, 0.6) is 0 Å². The molecular weight excluding hydrogens is 251 g/mol. The smallest absolute Gasteiger partial charge is 0.167 e. The highest BCUT2D eigenvalue weighted by Gasteiger charge is 2.09. The minimum atomic E-state index is -0.327. The standard InChI is InChI=1S/C18H13FO/c19-16-10-8-14(9-11-16)18(20)12-15-6-3-5-13-4-1-2-7-17(13)15/h1-11H,12H2. The molecule has 0 N–H and O–H groups in total. The molecule has 0 aliphatic rings. The number of hydrogen-bond donors (Lipinski definition) is 0. The maximum Gasteiger partial charge on any atom is 0.167 e. The zero-order valence-corrected chi connectivity index (χ0v) is 10.8. The van der Waals surface area contributed by atoms with E-state index in [4.69, 9.17) is 0 Å². The van der Waals surface area contributed by atoms with Crippen LogP contribution in [0.1, 0.15) is 15.9 Å². The number of hydrogen-bond acceptors (Lipinski definition) is 1. The van der Waals surface area contributed by atoms with E-state index in [-0.39, 0.29) is 11.6 Å². The lowest BCUT2D eigenvalue weighted by Gasteiger charge is -2.06. The first-order valence-corrected chi connectivity index (χ1v) is 6.49. The van der Waals surface area contributed by atoms with Gasteiger partial charge in [0.15, 0.2) is 5.78 Å². The topological polar surface area (TPSA) is 17.1 Å². The molecule has 0 radical (unpaired) electrons. The van der Waals surface area contributed by atoms with Crippen LogP contribution < -0.4 is 0 Å². The molecule has 0 atom stereocenters. The molecule has 3 aromatic rings. The average Bonchev–Trinajstić information content (AvgIpc) is 2.48. The van der Waals surface area contributed by atoms with Crippen molar-refractivity contribution < 1.29 is 9.18 Å². The molecular formula is C18H13FO. The van der Waals surface area contributed by atoms with Gasteiger partial charge in [-0.1, -0.05) is 42.5 Å². The van der Waals surface area contributed by atoms with E-state index in [1.165, 1.54) is 24.3 Å². The summed E-state index contributed by atoms with van der Waals surface area (Å²) in [5.41, 5.74) is 1.54. The lowest BCUT2D eigenvalue weighted by Crippen LogP contribution is -2.04. The fraction of sp³-hybridized carbons (Fsp3) is 0.0556. The van der Waals surface area contributed by atoms with Gasteiger partial charge in [0.1, 0.15) is 5.82 Å². The summed E-state index contributed by atoms with van der Waals surface area (Å²) < 4.78 is 12.9. The van der Waals surface area contributed by atoms with Gasteiger partial charge in [-0.2, -0.15) is 0 Å². The monoisotopic (exact) mass is 264 g/mol. The van der Waals surface area contributed by atoms with Gasteiger partial charge in [-0.15, -0.1) is 0 Å². The molecule has 0 heterocycles. The van der Waals surface area contributed by atoms with Crippen LogP contribution in [0.4, 0.5) is 4.39 Å². The van der Waals surface area contributed by atoms with Crippen molar-refractivity contribution in [3.05, 3.63) is 83.7 Å². The van der Waals surface area contributed by atoms with E-state index in [2.05, 4.69) is 0 Å². The Hall–Kier alpha value is -2.48. The second-order valence-corrected chi connectivity index (χ2v) is 4.75. The Bertz CT molecular complexity index is 754. The fourth-order valence-corrected chi connectivity index (χ4v) is 2.36. The second kappa shape index (κ2) is 5.25. The van der Waals surface area contributed by atoms with Gasteiger partial charge >= 0.3 is 0 Å². The number of Topliss-reactive ketones (excluding diaryl/α,β-unsaturated/α-hetero) is 1. The van der Waals surface area contributed by atoms with Crippen LogP contribution in [-0.4, -0.2) is 5.78 Å². The van der Waals surface area contributed by atoms with E-state index >= 15 is 0 Å². The van der Waals surface area contributed by atoms with Gasteiger partial charge in [0.25, 0.3) is 0 Å². The SMILES string of the molecule is O=C(Cc1cccc2ccccc12)c1ccc(F)cc1. The molecule has 3 aromatic carbocycles. The van der Waals surface area contributed by atoms with Crippen molar-refractivity contribution in [2.75, 3.05) is 0 Å². The quantitative estimate of drug-likeness (QED) is 0.641. The maximum atomic E-state index is 12.9. The van der Waals surface area contributed by atoms with Gasteiger partial charge in [0.05, 0.1) is 0 Å². The molecule has 3 rings (SSSR count). The van der Waals surface area contributed by atoms with Crippen molar-refractivity contribution in [3.63, 3.8) is 0 Å². The summed E-state index contributed by atoms with van der Waals surface area (Å²) in [6.45, 7) is 0. The highest BCUT2D eigenvalue weighted by atomic mass is 19.1. The maximum absolute atomic E-state index is 12.9. The number of carbonyl (C=O) groups excluding carboxylic acids is 1. The van der Waals surface area contributed by atoms with E-state index in [1.807, 2.05) is 42.5 Å². The molecule has 0 fully saturated rings. The molecule has 0 bridgehead atoms. The van der Waals surface area contributed by atoms with Crippen LogP contribution in [0.3, 0.4) is 0 Å². The van der Waals surface area contributed by atoms with Crippen molar-refractivity contribution >= 4 is 16.6 Å². The van der Waals surface area contributed by atoms with Crippen LogP contribution in [-0.2, 0) is 6.42 Å². The fourth-order valence-electron chi connectivity index (χ4n) is 2.36. The third kappa shape index (κ3) is 2.45. The molecule has 0 aliphatic heterocycles. The molecule has 0 spiro atoms. The van der Waals surface area contributed by atoms with Gasteiger partial charge in [0.2, 0.25) is 0 Å². The Kier molecular flexibility index (Phi) is 3.30. The third-order valence-corrected chi connectivity index (χ3v) is 3.40. The summed E-state index contributed by atoms with van der Waals surface area (Å²) >= 11 is 0. The summed E-state index contributed by atoms with van der Waals surface area (Å²) in [6, 6.07) is 19.6. The van der Waals surface area contributed by atoms with Crippen LogP contribution in [0.15, 0.2) is 66.7 Å². The predicted octanol–water partition coefficient (Wildman–Crippen LogP) is 4.40. The number of benzene rings is 3. The Labute approximate surface area is 116 Å². The van der Waals surface area contributed by atoms with Gasteiger partial charge in [-0.25, -0.2) is 4.39 Å². The molecule has 0 saturated heterocycles. The molecule has 0 aliphatic carbocycles. The minimum Gasteiger partial charge on any atom is -0.294 e. The third-order valence-electron chi connectivity index (χ3n) is 3.40. The number of halogens is 1. The first-order chi connectivity index (χ1) is 9.74. The van der Waals surface area contributed by atoms with E-state index < -0.39 is 0 Å². The summed E-state index contributed by atoms with van der Waals surface area (Å²) in [5.74, 6) is -0.326. The molecule has 20 heavy (non-hydrogen) atoms. The summed E-state index contributed by atoms with van der Waals surface area (Å²) in [7, 11) is 0. The average molecular weight is 264 g/mol. The largest absolute Gasteiger partial charge is 0.294 e. The molecule has 98 valence electrons. The van der Waals surface area contributed by atoms with Crippen molar-refractivity contribution in [1.82, 2.24) is 0 Å². The van der Waals surface area contributed by atoms with Crippen molar-refractivity contribution in [1.29, 1.82) is 0 Å². The Morgan fingerprint density at radius 2 is 1.55 bits per heavy atom. The van der Waals surface area contributed by atoms with Gasteiger partial charge in [-0.05, 0) is 40.6 Å². The zero-order chi connectivity index (χ0) is 13.9. The lowest BCUT2D eigenvalue weighted by molar-refractivity contribution is 0.0993.